The van der Waals surface area contributed by atoms with Crippen LogP contribution in [0, 0.1) is 17.2 Å². The minimum Gasteiger partial charge on any atom is -0.381 e. The zero-order valence-corrected chi connectivity index (χ0v) is 11.4. The number of ether oxygens (including phenoxy) is 1. The van der Waals surface area contributed by atoms with Crippen molar-refractivity contribution in [3.63, 3.8) is 0 Å². The number of rotatable bonds is 4. The maximum atomic E-state index is 12.1. The third-order valence-electron chi connectivity index (χ3n) is 3.54. The lowest BCUT2D eigenvalue weighted by molar-refractivity contribution is -0.114. The predicted octanol–water partition coefficient (Wildman–Crippen LogP) is 2.50. The fraction of sp³-hybridized carbons (Fsp3) is 0.375. The topological polar surface area (TPSA) is 53.3 Å². The zero-order chi connectivity index (χ0) is 14.4. The number of para-hydroxylation sites is 1. The summed E-state index contributed by atoms with van der Waals surface area (Å²) >= 11 is 0. The molecule has 2 rings (SSSR count). The second-order valence-electron chi connectivity index (χ2n) is 4.84. The maximum Gasteiger partial charge on any atom is 0.250 e. The fourth-order valence-electron chi connectivity index (χ4n) is 2.41. The van der Waals surface area contributed by atoms with Crippen LogP contribution in [-0.2, 0) is 9.53 Å². The van der Waals surface area contributed by atoms with E-state index < -0.39 is 0 Å². The number of carbonyl (C=O) groups excluding carboxylic acids is 1. The molecule has 0 radical (unpaired) electrons. The zero-order valence-electron chi connectivity index (χ0n) is 11.4. The Kier molecular flexibility index (Phi) is 4.91. The van der Waals surface area contributed by atoms with E-state index in [0.29, 0.717) is 23.7 Å². The van der Waals surface area contributed by atoms with Crippen molar-refractivity contribution in [1.29, 1.82) is 5.26 Å². The van der Waals surface area contributed by atoms with Gasteiger partial charge in [-0.15, -0.1) is 0 Å². The summed E-state index contributed by atoms with van der Waals surface area (Å²) in [6.45, 7) is 5.63. The minimum atomic E-state index is -0.167. The molecule has 1 aliphatic rings. The van der Waals surface area contributed by atoms with Crippen LogP contribution < -0.4 is 4.90 Å². The van der Waals surface area contributed by atoms with Gasteiger partial charge in [-0.2, -0.15) is 5.26 Å². The van der Waals surface area contributed by atoms with E-state index in [4.69, 9.17) is 4.74 Å². The minimum absolute atomic E-state index is 0.167. The van der Waals surface area contributed by atoms with E-state index in [2.05, 4.69) is 12.6 Å². The highest BCUT2D eigenvalue weighted by atomic mass is 16.5. The molecule has 1 aromatic rings. The summed E-state index contributed by atoms with van der Waals surface area (Å²) in [5.74, 6) is 0.235. The van der Waals surface area contributed by atoms with Gasteiger partial charge in [-0.3, -0.25) is 4.79 Å². The standard InChI is InChI=1S/C16H18N2O2/c1-2-16(19)18(12-13-7-9-20-10-8-13)15-6-4-3-5-14(15)11-17/h2-6,13H,1,7-10,12H2. The van der Waals surface area contributed by atoms with Crippen LogP contribution in [0.1, 0.15) is 18.4 Å². The van der Waals surface area contributed by atoms with Crippen LogP contribution in [0.3, 0.4) is 0 Å². The first kappa shape index (κ1) is 14.3. The summed E-state index contributed by atoms with van der Waals surface area (Å²) in [5.41, 5.74) is 1.17. The number of nitrogens with zero attached hydrogens (tertiary/aromatic N) is 2. The van der Waals surface area contributed by atoms with E-state index >= 15 is 0 Å². The summed E-state index contributed by atoms with van der Waals surface area (Å²) in [6.07, 6.45) is 3.18. The molecule has 4 heteroatoms. The lowest BCUT2D eigenvalue weighted by Gasteiger charge is -2.29. The van der Waals surface area contributed by atoms with Gasteiger partial charge in [0.1, 0.15) is 6.07 Å². The summed E-state index contributed by atoms with van der Waals surface area (Å²) in [5, 5.41) is 9.19. The van der Waals surface area contributed by atoms with Gasteiger partial charge in [0.15, 0.2) is 0 Å². The maximum absolute atomic E-state index is 12.1. The molecule has 0 aromatic heterocycles. The Morgan fingerprint density at radius 2 is 2.15 bits per heavy atom. The molecule has 0 aliphatic carbocycles. The third kappa shape index (κ3) is 3.25. The van der Waals surface area contributed by atoms with Crippen molar-refractivity contribution in [2.45, 2.75) is 12.8 Å². The van der Waals surface area contributed by atoms with E-state index in [9.17, 15) is 10.1 Å². The van der Waals surface area contributed by atoms with Crippen molar-refractivity contribution in [2.24, 2.45) is 5.92 Å². The number of benzene rings is 1. The van der Waals surface area contributed by atoms with E-state index in [1.807, 2.05) is 6.07 Å². The molecular weight excluding hydrogens is 252 g/mol. The summed E-state index contributed by atoms with van der Waals surface area (Å²) in [6, 6.07) is 9.30. The molecule has 0 N–H and O–H groups in total. The molecule has 1 fully saturated rings. The monoisotopic (exact) mass is 270 g/mol. The van der Waals surface area contributed by atoms with Crippen LogP contribution >= 0.6 is 0 Å². The Morgan fingerprint density at radius 3 is 2.80 bits per heavy atom. The molecule has 4 nitrogen and oxygen atoms in total. The lowest BCUT2D eigenvalue weighted by Crippen LogP contribution is -2.36. The van der Waals surface area contributed by atoms with Crippen LogP contribution in [-0.4, -0.2) is 25.7 Å². The van der Waals surface area contributed by atoms with E-state index in [1.54, 1.807) is 23.1 Å². The average Bonchev–Trinajstić information content (AvgIpc) is 2.53. The quantitative estimate of drug-likeness (QED) is 0.790. The van der Waals surface area contributed by atoms with Crippen molar-refractivity contribution in [3.8, 4) is 6.07 Å². The van der Waals surface area contributed by atoms with Crippen LogP contribution in [0.4, 0.5) is 5.69 Å². The largest absolute Gasteiger partial charge is 0.381 e. The van der Waals surface area contributed by atoms with Crippen molar-refractivity contribution < 1.29 is 9.53 Å². The van der Waals surface area contributed by atoms with Gasteiger partial charge in [-0.1, -0.05) is 18.7 Å². The molecular formula is C16H18N2O2. The molecule has 1 aliphatic heterocycles. The highest BCUT2D eigenvalue weighted by Gasteiger charge is 2.22. The predicted molar refractivity (Wildman–Crippen MR) is 77.3 cm³/mol. The third-order valence-corrected chi connectivity index (χ3v) is 3.54. The number of anilines is 1. The van der Waals surface area contributed by atoms with E-state index in [1.165, 1.54) is 6.08 Å². The Bertz CT molecular complexity index is 528. The number of nitriles is 1. The highest BCUT2D eigenvalue weighted by Crippen LogP contribution is 2.24. The van der Waals surface area contributed by atoms with Crippen LogP contribution in [0.15, 0.2) is 36.9 Å². The summed E-state index contributed by atoms with van der Waals surface area (Å²) in [7, 11) is 0. The first-order valence-electron chi connectivity index (χ1n) is 6.77. The molecule has 104 valence electrons. The summed E-state index contributed by atoms with van der Waals surface area (Å²) < 4.78 is 5.34. The van der Waals surface area contributed by atoms with Crippen LogP contribution in [0.2, 0.25) is 0 Å². The van der Waals surface area contributed by atoms with Gasteiger partial charge in [-0.05, 0) is 37.0 Å². The normalized spacial score (nSPS) is 15.3. The Morgan fingerprint density at radius 1 is 1.45 bits per heavy atom. The number of amides is 1. The number of carbonyl (C=O) groups is 1. The second kappa shape index (κ2) is 6.88. The summed E-state index contributed by atoms with van der Waals surface area (Å²) in [4.78, 5) is 13.8. The number of hydrogen-bond donors (Lipinski definition) is 0. The molecule has 1 heterocycles. The van der Waals surface area contributed by atoms with Gasteiger partial charge < -0.3 is 9.64 Å². The lowest BCUT2D eigenvalue weighted by atomic mass is 9.99. The molecule has 1 amide bonds. The van der Waals surface area contributed by atoms with Crippen LogP contribution in [0.5, 0.6) is 0 Å². The van der Waals surface area contributed by atoms with Gasteiger partial charge in [0, 0.05) is 19.8 Å². The Balaban J connectivity index is 2.25. The van der Waals surface area contributed by atoms with Crippen molar-refractivity contribution in [1.82, 2.24) is 0 Å². The molecule has 20 heavy (non-hydrogen) atoms. The second-order valence-corrected chi connectivity index (χ2v) is 4.84. The first-order chi connectivity index (χ1) is 9.76. The van der Waals surface area contributed by atoms with Gasteiger partial charge in [0.05, 0.1) is 11.3 Å². The Labute approximate surface area is 119 Å². The molecule has 0 saturated carbocycles. The van der Waals surface area contributed by atoms with Gasteiger partial charge in [0.2, 0.25) is 5.91 Å². The van der Waals surface area contributed by atoms with Gasteiger partial charge in [0.25, 0.3) is 0 Å². The van der Waals surface area contributed by atoms with E-state index in [-0.39, 0.29) is 5.91 Å². The number of hydrogen-bond acceptors (Lipinski definition) is 3. The fourth-order valence-corrected chi connectivity index (χ4v) is 2.41. The van der Waals surface area contributed by atoms with Gasteiger partial charge >= 0.3 is 0 Å². The molecule has 0 unspecified atom stereocenters. The smallest absolute Gasteiger partial charge is 0.250 e. The molecule has 0 bridgehead atoms. The SMILES string of the molecule is C=CC(=O)N(CC1CCOCC1)c1ccccc1C#N. The van der Waals surface area contributed by atoms with Crippen molar-refractivity contribution >= 4 is 11.6 Å². The first-order valence-corrected chi connectivity index (χ1v) is 6.77. The Hall–Kier alpha value is -2.12. The van der Waals surface area contributed by atoms with Gasteiger partial charge in [-0.25, -0.2) is 0 Å². The van der Waals surface area contributed by atoms with Crippen LogP contribution in [0.25, 0.3) is 0 Å². The molecule has 1 saturated heterocycles. The van der Waals surface area contributed by atoms with Crippen molar-refractivity contribution in [3.05, 3.63) is 42.5 Å². The van der Waals surface area contributed by atoms with E-state index in [0.717, 1.165) is 26.1 Å². The molecule has 0 atom stereocenters. The molecule has 0 spiro atoms. The molecule has 1 aromatic carbocycles. The average molecular weight is 270 g/mol. The van der Waals surface area contributed by atoms with Crippen molar-refractivity contribution in [2.75, 3.05) is 24.7 Å². The highest BCUT2D eigenvalue weighted by molar-refractivity contribution is 6.01.